The Morgan fingerprint density at radius 1 is 1.00 bits per heavy atom. The lowest BCUT2D eigenvalue weighted by Crippen LogP contribution is -1.64. The molecule has 0 aliphatic rings. The summed E-state index contributed by atoms with van der Waals surface area (Å²) in [6, 6.07) is 0. The Balaban J connectivity index is -0.0000000133. The van der Waals surface area contributed by atoms with Crippen LogP contribution in [0.3, 0.4) is 0 Å². The van der Waals surface area contributed by atoms with Gasteiger partial charge in [0.15, 0.2) is 0 Å². The van der Waals surface area contributed by atoms with Gasteiger partial charge in [0, 0.05) is 0 Å². The Kier molecular flexibility index (Phi) is 154. The molecular weight excluding hydrogens is 128 g/mol. The van der Waals surface area contributed by atoms with Gasteiger partial charge in [-0.3, -0.25) is 0 Å². The molecule has 0 saturated carbocycles. The van der Waals surface area contributed by atoms with Gasteiger partial charge in [-0.05, 0) is 18.4 Å². The second kappa shape index (κ2) is 40.2. The van der Waals surface area contributed by atoms with Crippen LogP contribution in [0.5, 0.6) is 0 Å². The first-order chi connectivity index (χ1) is 2.41. The maximum Gasteiger partial charge on any atom is -0.00729 e. The SMILES string of the molecule is C.C.C.C.CCCSC. The number of rotatable bonds is 2. The van der Waals surface area contributed by atoms with Crippen molar-refractivity contribution in [3.05, 3.63) is 0 Å². The molecule has 0 aliphatic carbocycles. The fourth-order valence-corrected chi connectivity index (χ4v) is 0.612. The first-order valence-electron chi connectivity index (χ1n) is 1.90. The van der Waals surface area contributed by atoms with E-state index in [-0.39, 0.29) is 29.7 Å². The molecule has 0 saturated heterocycles. The van der Waals surface area contributed by atoms with Gasteiger partial charge in [-0.1, -0.05) is 36.6 Å². The molecule has 0 atom stereocenters. The molecule has 0 amide bonds. The predicted octanol–water partition coefficient (Wildman–Crippen LogP) is 4.30. The quantitative estimate of drug-likeness (QED) is 0.571. The van der Waals surface area contributed by atoms with Gasteiger partial charge in [0.2, 0.25) is 0 Å². The van der Waals surface area contributed by atoms with Crippen molar-refractivity contribution in [3.8, 4) is 0 Å². The van der Waals surface area contributed by atoms with Crippen LogP contribution in [-0.2, 0) is 0 Å². The van der Waals surface area contributed by atoms with E-state index < -0.39 is 0 Å². The van der Waals surface area contributed by atoms with Crippen molar-refractivity contribution in [2.24, 2.45) is 0 Å². The first kappa shape index (κ1) is 34.5. The van der Waals surface area contributed by atoms with Crippen molar-refractivity contribution in [1.29, 1.82) is 0 Å². The van der Waals surface area contributed by atoms with Gasteiger partial charge in [-0.25, -0.2) is 0 Å². The van der Waals surface area contributed by atoms with Gasteiger partial charge in [-0.2, -0.15) is 11.8 Å². The molecule has 0 aromatic rings. The third kappa shape index (κ3) is 61.0. The van der Waals surface area contributed by atoms with Gasteiger partial charge >= 0.3 is 0 Å². The fourth-order valence-electron chi connectivity index (χ4n) is 0.204. The van der Waals surface area contributed by atoms with Gasteiger partial charge < -0.3 is 0 Å². The topological polar surface area (TPSA) is 0 Å². The van der Waals surface area contributed by atoms with E-state index in [9.17, 15) is 0 Å². The summed E-state index contributed by atoms with van der Waals surface area (Å²) in [5.74, 6) is 1.31. The van der Waals surface area contributed by atoms with Gasteiger partial charge in [0.25, 0.3) is 0 Å². The third-order valence-electron chi connectivity index (χ3n) is 0.408. The van der Waals surface area contributed by atoms with E-state index in [1.807, 2.05) is 11.8 Å². The summed E-state index contributed by atoms with van der Waals surface area (Å²) in [4.78, 5) is 0. The van der Waals surface area contributed by atoms with Crippen LogP contribution in [0.25, 0.3) is 0 Å². The number of hydrogen-bond acceptors (Lipinski definition) is 1. The Hall–Kier alpha value is 0.350. The highest BCUT2D eigenvalue weighted by atomic mass is 32.2. The van der Waals surface area contributed by atoms with Crippen molar-refractivity contribution in [3.63, 3.8) is 0 Å². The summed E-state index contributed by atoms with van der Waals surface area (Å²) in [7, 11) is 0. The lowest BCUT2D eigenvalue weighted by atomic mass is 10.6. The van der Waals surface area contributed by atoms with E-state index >= 15 is 0 Å². The smallest absolute Gasteiger partial charge is 0.00729 e. The molecule has 0 spiro atoms. The maximum absolute atomic E-state index is 2.19. The van der Waals surface area contributed by atoms with Crippen molar-refractivity contribution < 1.29 is 0 Å². The van der Waals surface area contributed by atoms with Crippen LogP contribution in [0.15, 0.2) is 0 Å². The largest absolute Gasteiger partial charge is 0.165 e. The maximum atomic E-state index is 2.19. The second-order valence-corrected chi connectivity index (χ2v) is 1.98. The normalized spacial score (nSPS) is 4.67. The zero-order valence-electron chi connectivity index (χ0n) is 3.82. The second-order valence-electron chi connectivity index (χ2n) is 0.993. The van der Waals surface area contributed by atoms with E-state index in [1.165, 1.54) is 12.2 Å². The lowest BCUT2D eigenvalue weighted by molar-refractivity contribution is 1.11. The number of thioether (sulfide) groups is 1. The molecule has 0 bridgehead atoms. The summed E-state index contributed by atoms with van der Waals surface area (Å²) >= 11 is 1.90. The summed E-state index contributed by atoms with van der Waals surface area (Å²) in [6.45, 7) is 2.19. The Morgan fingerprint density at radius 3 is 1.33 bits per heavy atom. The zero-order valence-corrected chi connectivity index (χ0v) is 4.64. The standard InChI is InChI=1S/C4H10S.4CH4/c1-3-4-5-2;;;;/h3-4H2,1-2H3;4*1H4. The molecule has 0 unspecified atom stereocenters. The molecule has 0 heterocycles. The molecule has 1 heteroatoms. The molecule has 64 valence electrons. The number of hydrogen-bond donors (Lipinski definition) is 0. The summed E-state index contributed by atoms with van der Waals surface area (Å²) in [6.07, 6.45) is 3.44. The molecule has 0 fully saturated rings. The average molecular weight is 154 g/mol. The summed E-state index contributed by atoms with van der Waals surface area (Å²) < 4.78 is 0. The Bertz CT molecular complexity index is 12.0. The molecule has 0 radical (unpaired) electrons. The highest BCUT2D eigenvalue weighted by molar-refractivity contribution is 7.98. The van der Waals surface area contributed by atoms with E-state index in [1.54, 1.807) is 0 Å². The highest BCUT2D eigenvalue weighted by Crippen LogP contribution is 1.91. The van der Waals surface area contributed by atoms with Crippen LogP contribution in [0, 0.1) is 0 Å². The van der Waals surface area contributed by atoms with Crippen LogP contribution in [0.2, 0.25) is 0 Å². The minimum absolute atomic E-state index is 0. The third-order valence-corrected chi connectivity index (χ3v) is 1.22. The van der Waals surface area contributed by atoms with E-state index in [2.05, 4.69) is 13.2 Å². The Morgan fingerprint density at radius 2 is 1.33 bits per heavy atom. The zero-order chi connectivity index (χ0) is 4.12. The van der Waals surface area contributed by atoms with E-state index in [0.717, 1.165) is 0 Å². The van der Waals surface area contributed by atoms with Crippen LogP contribution >= 0.6 is 11.8 Å². The van der Waals surface area contributed by atoms with Crippen LogP contribution in [0.1, 0.15) is 43.1 Å². The van der Waals surface area contributed by atoms with Crippen molar-refractivity contribution in [2.75, 3.05) is 12.0 Å². The molecular formula is C8H26S. The minimum Gasteiger partial charge on any atom is -0.165 e. The molecule has 0 aromatic heterocycles. The van der Waals surface area contributed by atoms with E-state index in [0.29, 0.717) is 0 Å². The highest BCUT2D eigenvalue weighted by Gasteiger charge is 1.67. The van der Waals surface area contributed by atoms with Crippen LogP contribution < -0.4 is 0 Å². The minimum atomic E-state index is 0. The summed E-state index contributed by atoms with van der Waals surface area (Å²) in [5, 5.41) is 0. The van der Waals surface area contributed by atoms with Crippen LogP contribution in [-0.4, -0.2) is 12.0 Å². The molecule has 0 rings (SSSR count). The molecule has 9 heavy (non-hydrogen) atoms. The van der Waals surface area contributed by atoms with Crippen molar-refractivity contribution in [2.45, 2.75) is 43.1 Å². The Labute approximate surface area is 67.4 Å². The molecule has 0 aromatic carbocycles. The monoisotopic (exact) mass is 154 g/mol. The van der Waals surface area contributed by atoms with Crippen molar-refractivity contribution >= 4 is 11.8 Å². The fraction of sp³-hybridized carbons (Fsp3) is 1.00. The van der Waals surface area contributed by atoms with Gasteiger partial charge in [0.1, 0.15) is 0 Å². The first-order valence-corrected chi connectivity index (χ1v) is 3.30. The summed E-state index contributed by atoms with van der Waals surface area (Å²) in [5.41, 5.74) is 0. The lowest BCUT2D eigenvalue weighted by Gasteiger charge is -1.80. The van der Waals surface area contributed by atoms with Gasteiger partial charge in [-0.15, -0.1) is 0 Å². The predicted molar refractivity (Wildman–Crippen MR) is 55.6 cm³/mol. The van der Waals surface area contributed by atoms with Crippen LogP contribution in [0.4, 0.5) is 0 Å². The van der Waals surface area contributed by atoms with Gasteiger partial charge in [0.05, 0.1) is 0 Å². The average Bonchev–Trinajstić information content (AvgIpc) is 1.41. The molecule has 0 nitrogen and oxygen atoms in total. The molecule has 0 aliphatic heterocycles. The van der Waals surface area contributed by atoms with Crippen molar-refractivity contribution in [1.82, 2.24) is 0 Å². The van der Waals surface area contributed by atoms with E-state index in [4.69, 9.17) is 0 Å². The molecule has 0 N–H and O–H groups in total.